The maximum Gasteiger partial charge on any atom is 0.227 e. The van der Waals surface area contributed by atoms with Crippen LogP contribution in [0.3, 0.4) is 0 Å². The van der Waals surface area contributed by atoms with Gasteiger partial charge in [-0.25, -0.2) is 0 Å². The van der Waals surface area contributed by atoms with Crippen molar-refractivity contribution in [3.8, 4) is 0 Å². The molecule has 2 heterocycles. The van der Waals surface area contributed by atoms with E-state index in [1.165, 1.54) is 16.7 Å². The van der Waals surface area contributed by atoms with E-state index < -0.39 is 0 Å². The van der Waals surface area contributed by atoms with Gasteiger partial charge in [-0.2, -0.15) is 0 Å². The number of hydrogen-bond donors (Lipinski definition) is 0. The van der Waals surface area contributed by atoms with Gasteiger partial charge in [-0.1, -0.05) is 42.5 Å². The molecule has 30 heavy (non-hydrogen) atoms. The molecule has 4 heteroatoms. The Labute approximate surface area is 179 Å². The minimum atomic E-state index is -0.180. The number of likely N-dealkylation sites (tertiary alicyclic amines) is 1. The van der Waals surface area contributed by atoms with E-state index in [2.05, 4.69) is 61.2 Å². The Kier molecular flexibility index (Phi) is 5.68. The molecule has 2 aromatic rings. The van der Waals surface area contributed by atoms with Crippen LogP contribution in [0.15, 0.2) is 48.5 Å². The predicted octanol–water partition coefficient (Wildman–Crippen LogP) is 4.71. The Morgan fingerprint density at radius 2 is 1.80 bits per heavy atom. The van der Waals surface area contributed by atoms with Crippen molar-refractivity contribution in [3.63, 3.8) is 0 Å². The van der Waals surface area contributed by atoms with E-state index in [9.17, 15) is 9.59 Å². The largest absolute Gasteiger partial charge is 0.342 e. The molecule has 0 unspecified atom stereocenters. The highest BCUT2D eigenvalue weighted by atomic mass is 16.2. The SMILES string of the molecule is CC(=O)N1CC(c2ccc3c(c2)N(C(=O)CCCc2ccccc2)C(C)(C)CC3)C1. The van der Waals surface area contributed by atoms with E-state index in [4.69, 9.17) is 0 Å². The highest BCUT2D eigenvalue weighted by Crippen LogP contribution is 2.40. The zero-order valence-corrected chi connectivity index (χ0v) is 18.4. The first-order valence-corrected chi connectivity index (χ1v) is 11.1. The van der Waals surface area contributed by atoms with Crippen LogP contribution in [0, 0.1) is 0 Å². The normalized spacial score (nSPS) is 18.0. The van der Waals surface area contributed by atoms with Crippen molar-refractivity contribution in [2.24, 2.45) is 0 Å². The Morgan fingerprint density at radius 3 is 2.50 bits per heavy atom. The molecule has 0 aliphatic carbocycles. The number of carbonyl (C=O) groups is 2. The number of fused-ring (bicyclic) bond motifs is 1. The first-order valence-electron chi connectivity index (χ1n) is 11.1. The summed E-state index contributed by atoms with van der Waals surface area (Å²) in [6, 6.07) is 17.0. The van der Waals surface area contributed by atoms with Gasteiger partial charge in [0.1, 0.15) is 0 Å². The van der Waals surface area contributed by atoms with Gasteiger partial charge in [0.05, 0.1) is 0 Å². The van der Waals surface area contributed by atoms with Crippen molar-refractivity contribution in [2.75, 3.05) is 18.0 Å². The summed E-state index contributed by atoms with van der Waals surface area (Å²) in [6.07, 6.45) is 4.33. The molecule has 0 atom stereocenters. The van der Waals surface area contributed by atoms with Crippen LogP contribution >= 0.6 is 0 Å². The molecule has 0 saturated carbocycles. The van der Waals surface area contributed by atoms with Gasteiger partial charge < -0.3 is 9.80 Å². The Morgan fingerprint density at radius 1 is 1.07 bits per heavy atom. The average Bonchev–Trinajstić information content (AvgIpc) is 2.66. The number of nitrogens with zero attached hydrogens (tertiary/aromatic N) is 2. The van der Waals surface area contributed by atoms with Crippen molar-refractivity contribution in [1.82, 2.24) is 4.90 Å². The molecule has 0 N–H and O–H groups in total. The summed E-state index contributed by atoms with van der Waals surface area (Å²) in [6.45, 7) is 7.55. The summed E-state index contributed by atoms with van der Waals surface area (Å²) < 4.78 is 0. The molecule has 4 rings (SSSR count). The second-order valence-electron chi connectivity index (χ2n) is 9.39. The van der Waals surface area contributed by atoms with Crippen LogP contribution in [0.1, 0.15) is 62.6 Å². The third-order valence-electron chi connectivity index (χ3n) is 6.71. The zero-order valence-electron chi connectivity index (χ0n) is 18.4. The lowest BCUT2D eigenvalue weighted by Crippen LogP contribution is -2.51. The summed E-state index contributed by atoms with van der Waals surface area (Å²) >= 11 is 0. The highest BCUT2D eigenvalue weighted by molar-refractivity contribution is 5.96. The van der Waals surface area contributed by atoms with Crippen molar-refractivity contribution in [2.45, 2.75) is 64.3 Å². The molecule has 4 nitrogen and oxygen atoms in total. The fraction of sp³-hybridized carbons (Fsp3) is 0.462. The lowest BCUT2D eigenvalue weighted by atomic mass is 9.83. The molecule has 2 aliphatic rings. The second kappa shape index (κ2) is 8.25. The third-order valence-corrected chi connectivity index (χ3v) is 6.71. The number of amides is 2. The molecular formula is C26H32N2O2. The Balaban J connectivity index is 1.50. The molecule has 1 fully saturated rings. The number of anilines is 1. The van der Waals surface area contributed by atoms with E-state index in [1.54, 1.807) is 6.92 Å². The lowest BCUT2D eigenvalue weighted by molar-refractivity contribution is -0.133. The number of aryl methyl sites for hydroxylation is 2. The summed E-state index contributed by atoms with van der Waals surface area (Å²) in [4.78, 5) is 28.8. The minimum Gasteiger partial charge on any atom is -0.342 e. The monoisotopic (exact) mass is 404 g/mol. The van der Waals surface area contributed by atoms with E-state index >= 15 is 0 Å². The van der Waals surface area contributed by atoms with Gasteiger partial charge in [0.2, 0.25) is 11.8 Å². The molecule has 2 aromatic carbocycles. The van der Waals surface area contributed by atoms with Gasteiger partial charge >= 0.3 is 0 Å². The topological polar surface area (TPSA) is 40.6 Å². The summed E-state index contributed by atoms with van der Waals surface area (Å²) in [5.41, 5.74) is 4.68. The third kappa shape index (κ3) is 4.14. The molecule has 2 aliphatic heterocycles. The van der Waals surface area contributed by atoms with Crippen molar-refractivity contribution >= 4 is 17.5 Å². The summed E-state index contributed by atoms with van der Waals surface area (Å²) in [5.74, 6) is 0.729. The van der Waals surface area contributed by atoms with Crippen LogP contribution in [0.25, 0.3) is 0 Å². The Bertz CT molecular complexity index is 929. The standard InChI is InChI=1S/C26H32N2O2/c1-19(29)27-17-23(18-27)22-13-12-21-14-15-26(2,3)28(24(21)16-22)25(30)11-7-10-20-8-5-4-6-9-20/h4-6,8-9,12-13,16,23H,7,10-11,14-15,17-18H2,1-3H3. The van der Waals surface area contributed by atoms with Crippen LogP contribution in [0.5, 0.6) is 0 Å². The molecule has 0 aromatic heterocycles. The number of carbonyl (C=O) groups excluding carboxylic acids is 2. The predicted molar refractivity (Wildman–Crippen MR) is 121 cm³/mol. The number of benzene rings is 2. The van der Waals surface area contributed by atoms with E-state index in [-0.39, 0.29) is 17.4 Å². The molecule has 158 valence electrons. The first-order chi connectivity index (χ1) is 14.3. The molecular weight excluding hydrogens is 372 g/mol. The van der Waals surface area contributed by atoms with E-state index in [0.29, 0.717) is 12.3 Å². The average molecular weight is 405 g/mol. The van der Waals surface area contributed by atoms with Crippen LogP contribution < -0.4 is 4.90 Å². The van der Waals surface area contributed by atoms with Crippen LogP contribution in [0.2, 0.25) is 0 Å². The van der Waals surface area contributed by atoms with Crippen molar-refractivity contribution in [3.05, 3.63) is 65.2 Å². The molecule has 0 bridgehead atoms. The van der Waals surface area contributed by atoms with E-state index in [1.807, 2.05) is 11.0 Å². The molecule has 2 amide bonds. The van der Waals surface area contributed by atoms with Crippen molar-refractivity contribution < 1.29 is 9.59 Å². The Hall–Kier alpha value is -2.62. The van der Waals surface area contributed by atoms with Gasteiger partial charge in [0.15, 0.2) is 0 Å². The fourth-order valence-corrected chi connectivity index (χ4v) is 4.75. The van der Waals surface area contributed by atoms with Gasteiger partial charge in [-0.3, -0.25) is 9.59 Å². The van der Waals surface area contributed by atoms with Gasteiger partial charge in [0.25, 0.3) is 0 Å². The maximum atomic E-state index is 13.3. The van der Waals surface area contributed by atoms with E-state index in [0.717, 1.165) is 44.5 Å². The maximum absolute atomic E-state index is 13.3. The highest BCUT2D eigenvalue weighted by Gasteiger charge is 2.38. The smallest absolute Gasteiger partial charge is 0.227 e. The quantitative estimate of drug-likeness (QED) is 0.724. The second-order valence-corrected chi connectivity index (χ2v) is 9.39. The summed E-state index contributed by atoms with van der Waals surface area (Å²) in [7, 11) is 0. The van der Waals surface area contributed by atoms with Crippen LogP contribution in [-0.2, 0) is 22.4 Å². The minimum absolute atomic E-state index is 0.139. The number of hydrogen-bond acceptors (Lipinski definition) is 2. The van der Waals surface area contributed by atoms with Gasteiger partial charge in [0, 0.05) is 43.6 Å². The molecule has 0 radical (unpaired) electrons. The molecule has 0 spiro atoms. The lowest BCUT2D eigenvalue weighted by Gasteiger charge is -2.45. The molecule has 1 saturated heterocycles. The zero-order chi connectivity index (χ0) is 21.3. The summed E-state index contributed by atoms with van der Waals surface area (Å²) in [5, 5.41) is 0. The first kappa shape index (κ1) is 20.6. The fourth-order valence-electron chi connectivity index (χ4n) is 4.75. The van der Waals surface area contributed by atoms with Crippen LogP contribution in [0.4, 0.5) is 5.69 Å². The van der Waals surface area contributed by atoms with Gasteiger partial charge in [-0.05, 0) is 62.3 Å². The van der Waals surface area contributed by atoms with Crippen molar-refractivity contribution in [1.29, 1.82) is 0 Å². The number of rotatable bonds is 5. The van der Waals surface area contributed by atoms with Crippen LogP contribution in [-0.4, -0.2) is 35.3 Å². The van der Waals surface area contributed by atoms with Gasteiger partial charge in [-0.15, -0.1) is 0 Å².